The number of hydrogen-bond acceptors (Lipinski definition) is 4. The number of amides is 2. The molecule has 2 aliphatic heterocycles. The van der Waals surface area contributed by atoms with E-state index in [2.05, 4.69) is 17.1 Å². The van der Waals surface area contributed by atoms with Crippen molar-refractivity contribution in [3.63, 3.8) is 0 Å². The number of nitrogens with zero attached hydrogens (tertiary/aromatic N) is 2. The molecule has 2 heterocycles. The van der Waals surface area contributed by atoms with Gasteiger partial charge < -0.3 is 15.0 Å². The summed E-state index contributed by atoms with van der Waals surface area (Å²) < 4.78 is 5.80. The van der Waals surface area contributed by atoms with Gasteiger partial charge in [-0.25, -0.2) is 0 Å². The lowest BCUT2D eigenvalue weighted by atomic mass is 10.1. The van der Waals surface area contributed by atoms with Gasteiger partial charge in [-0.15, -0.1) is 0 Å². The Morgan fingerprint density at radius 3 is 2.81 bits per heavy atom. The van der Waals surface area contributed by atoms with E-state index in [1.165, 1.54) is 0 Å². The van der Waals surface area contributed by atoms with Crippen molar-refractivity contribution >= 4 is 11.8 Å². The molecule has 0 aromatic carbocycles. The van der Waals surface area contributed by atoms with Gasteiger partial charge in [0.25, 0.3) is 0 Å². The maximum absolute atomic E-state index is 12.6. The minimum absolute atomic E-state index is 0.00231. The van der Waals surface area contributed by atoms with Crippen LogP contribution < -0.4 is 5.32 Å². The van der Waals surface area contributed by atoms with E-state index in [9.17, 15) is 9.59 Å². The summed E-state index contributed by atoms with van der Waals surface area (Å²) in [6.07, 6.45) is 2.57. The fraction of sp³-hybridized carbons (Fsp3) is 0.867. The molecule has 1 N–H and O–H groups in total. The van der Waals surface area contributed by atoms with E-state index >= 15 is 0 Å². The third-order valence-corrected chi connectivity index (χ3v) is 4.69. The van der Waals surface area contributed by atoms with E-state index in [4.69, 9.17) is 4.74 Å². The van der Waals surface area contributed by atoms with Crippen LogP contribution in [-0.4, -0.2) is 73.1 Å². The van der Waals surface area contributed by atoms with Gasteiger partial charge in [0, 0.05) is 32.6 Å². The van der Waals surface area contributed by atoms with E-state index in [0.29, 0.717) is 25.4 Å². The Morgan fingerprint density at radius 1 is 1.29 bits per heavy atom. The summed E-state index contributed by atoms with van der Waals surface area (Å²) in [5, 5.41) is 2.90. The van der Waals surface area contributed by atoms with Gasteiger partial charge in [0.2, 0.25) is 11.8 Å². The van der Waals surface area contributed by atoms with Gasteiger partial charge in [0.15, 0.2) is 0 Å². The molecule has 21 heavy (non-hydrogen) atoms. The van der Waals surface area contributed by atoms with Gasteiger partial charge in [0.05, 0.1) is 12.7 Å². The maximum atomic E-state index is 12.6. The molecule has 0 aromatic rings. The molecule has 3 fully saturated rings. The largest absolute Gasteiger partial charge is 0.374 e. The summed E-state index contributed by atoms with van der Waals surface area (Å²) in [4.78, 5) is 28.6. The molecular formula is C15H25N3O3. The smallest absolute Gasteiger partial charge is 0.245 e. The van der Waals surface area contributed by atoms with Crippen molar-refractivity contribution in [3.8, 4) is 0 Å². The SMILES string of the molecule is CCN1CCOC(CN2CCC(=O)NC(C3CC3)C2=O)C1. The average molecular weight is 295 g/mol. The normalized spacial score (nSPS) is 32.0. The van der Waals surface area contributed by atoms with Crippen molar-refractivity contribution < 1.29 is 14.3 Å². The van der Waals surface area contributed by atoms with Crippen molar-refractivity contribution in [2.45, 2.75) is 38.3 Å². The van der Waals surface area contributed by atoms with Crippen LogP contribution in [0.1, 0.15) is 26.2 Å². The second-order valence-electron chi connectivity index (χ2n) is 6.30. The van der Waals surface area contributed by atoms with Crippen LogP contribution in [0.25, 0.3) is 0 Å². The topological polar surface area (TPSA) is 61.9 Å². The second kappa shape index (κ2) is 6.32. The lowest BCUT2D eigenvalue weighted by molar-refractivity contribution is -0.137. The number of carbonyl (C=O) groups is 2. The van der Waals surface area contributed by atoms with Crippen molar-refractivity contribution in [3.05, 3.63) is 0 Å². The Balaban J connectivity index is 1.62. The molecule has 2 saturated heterocycles. The number of nitrogens with one attached hydrogen (secondary N) is 1. The van der Waals surface area contributed by atoms with Crippen molar-refractivity contribution in [1.29, 1.82) is 0 Å². The Hall–Kier alpha value is -1.14. The molecule has 3 rings (SSSR count). The Morgan fingerprint density at radius 2 is 2.10 bits per heavy atom. The molecule has 0 aromatic heterocycles. The molecule has 0 radical (unpaired) electrons. The third-order valence-electron chi connectivity index (χ3n) is 4.69. The van der Waals surface area contributed by atoms with E-state index in [1.54, 1.807) is 0 Å². The highest BCUT2D eigenvalue weighted by Crippen LogP contribution is 2.34. The number of likely N-dealkylation sites (N-methyl/N-ethyl adjacent to an activating group) is 1. The molecule has 0 bridgehead atoms. The van der Waals surface area contributed by atoms with Crippen LogP contribution in [0.3, 0.4) is 0 Å². The summed E-state index contributed by atoms with van der Waals surface area (Å²) >= 11 is 0. The molecule has 1 saturated carbocycles. The zero-order valence-electron chi connectivity index (χ0n) is 12.7. The van der Waals surface area contributed by atoms with Gasteiger partial charge in [-0.05, 0) is 25.3 Å². The first-order valence-electron chi connectivity index (χ1n) is 8.09. The molecular weight excluding hydrogens is 270 g/mol. The van der Waals surface area contributed by atoms with Crippen LogP contribution in [0.4, 0.5) is 0 Å². The fourth-order valence-electron chi connectivity index (χ4n) is 3.20. The first kappa shape index (κ1) is 14.8. The zero-order valence-corrected chi connectivity index (χ0v) is 12.7. The van der Waals surface area contributed by atoms with E-state index in [-0.39, 0.29) is 24.0 Å². The maximum Gasteiger partial charge on any atom is 0.245 e. The second-order valence-corrected chi connectivity index (χ2v) is 6.30. The Labute approximate surface area is 125 Å². The Bertz CT molecular complexity index is 411. The average Bonchev–Trinajstić information content (AvgIpc) is 3.33. The van der Waals surface area contributed by atoms with Crippen LogP contribution in [0, 0.1) is 5.92 Å². The van der Waals surface area contributed by atoms with E-state index in [0.717, 1.165) is 39.1 Å². The molecule has 6 nitrogen and oxygen atoms in total. The molecule has 2 atom stereocenters. The molecule has 0 spiro atoms. The van der Waals surface area contributed by atoms with Gasteiger partial charge in [-0.3, -0.25) is 14.5 Å². The predicted molar refractivity (Wildman–Crippen MR) is 77.7 cm³/mol. The monoisotopic (exact) mass is 295 g/mol. The van der Waals surface area contributed by atoms with Crippen LogP contribution >= 0.6 is 0 Å². The lowest BCUT2D eigenvalue weighted by Crippen LogP contribution is -2.51. The highest BCUT2D eigenvalue weighted by atomic mass is 16.5. The number of hydrogen-bond donors (Lipinski definition) is 1. The quantitative estimate of drug-likeness (QED) is 0.782. The van der Waals surface area contributed by atoms with Gasteiger partial charge in [-0.2, -0.15) is 0 Å². The van der Waals surface area contributed by atoms with Crippen LogP contribution in [0.15, 0.2) is 0 Å². The molecule has 3 aliphatic rings. The highest BCUT2D eigenvalue weighted by Gasteiger charge is 2.41. The molecule has 2 amide bonds. The molecule has 1 aliphatic carbocycles. The van der Waals surface area contributed by atoms with Crippen molar-refractivity contribution in [1.82, 2.24) is 15.1 Å². The van der Waals surface area contributed by atoms with Crippen molar-refractivity contribution in [2.24, 2.45) is 5.92 Å². The first-order valence-corrected chi connectivity index (χ1v) is 8.09. The van der Waals surface area contributed by atoms with Crippen LogP contribution in [0.5, 0.6) is 0 Å². The number of carbonyl (C=O) groups excluding carboxylic acids is 2. The fourth-order valence-corrected chi connectivity index (χ4v) is 3.20. The highest BCUT2D eigenvalue weighted by molar-refractivity contribution is 5.90. The molecule has 118 valence electrons. The number of morpholine rings is 1. The standard InChI is InChI=1S/C15H25N3O3/c1-2-17-7-8-21-12(9-17)10-18-6-5-13(19)16-14(15(18)20)11-3-4-11/h11-12,14H,2-10H2,1H3,(H,16,19). The van der Waals surface area contributed by atoms with Crippen LogP contribution in [0.2, 0.25) is 0 Å². The van der Waals surface area contributed by atoms with Crippen LogP contribution in [-0.2, 0) is 14.3 Å². The summed E-state index contributed by atoms with van der Waals surface area (Å²) in [5.74, 6) is 0.435. The summed E-state index contributed by atoms with van der Waals surface area (Å²) in [6.45, 7) is 6.84. The third kappa shape index (κ3) is 3.55. The van der Waals surface area contributed by atoms with E-state index < -0.39 is 0 Å². The number of rotatable bonds is 4. The Kier molecular flexibility index (Phi) is 4.45. The minimum atomic E-state index is -0.300. The van der Waals surface area contributed by atoms with E-state index in [1.807, 2.05) is 4.90 Å². The molecule has 6 heteroatoms. The molecule has 2 unspecified atom stereocenters. The van der Waals surface area contributed by atoms with Gasteiger partial charge in [0.1, 0.15) is 6.04 Å². The summed E-state index contributed by atoms with van der Waals surface area (Å²) in [7, 11) is 0. The van der Waals surface area contributed by atoms with Crippen molar-refractivity contribution in [2.75, 3.05) is 39.3 Å². The zero-order chi connectivity index (χ0) is 14.8. The first-order chi connectivity index (χ1) is 10.2. The van der Waals surface area contributed by atoms with Gasteiger partial charge in [-0.1, -0.05) is 6.92 Å². The summed E-state index contributed by atoms with van der Waals surface area (Å²) in [6, 6.07) is -0.300. The number of ether oxygens (including phenoxy) is 1. The minimum Gasteiger partial charge on any atom is -0.374 e. The predicted octanol–water partition coefficient (Wildman–Crippen LogP) is -0.166. The summed E-state index contributed by atoms with van der Waals surface area (Å²) in [5.41, 5.74) is 0. The van der Waals surface area contributed by atoms with Gasteiger partial charge >= 0.3 is 0 Å². The lowest BCUT2D eigenvalue weighted by Gasteiger charge is -2.35.